The molecule has 2 aliphatic rings. The fourth-order valence-electron chi connectivity index (χ4n) is 2.89. The quantitative estimate of drug-likeness (QED) is 0.834. The summed E-state index contributed by atoms with van der Waals surface area (Å²) in [5, 5.41) is 0. The van der Waals surface area contributed by atoms with E-state index in [9.17, 15) is 13.2 Å². The van der Waals surface area contributed by atoms with Crippen LogP contribution in [-0.2, 0) is 0 Å². The van der Waals surface area contributed by atoms with Crippen molar-refractivity contribution in [3.8, 4) is 0 Å². The highest BCUT2D eigenvalue weighted by Crippen LogP contribution is 2.36. The van der Waals surface area contributed by atoms with Gasteiger partial charge < -0.3 is 5.73 Å². The average molecular weight is 250 g/mol. The van der Waals surface area contributed by atoms with Gasteiger partial charge in [-0.05, 0) is 38.0 Å². The lowest BCUT2D eigenvalue weighted by molar-refractivity contribution is -0.155. The van der Waals surface area contributed by atoms with E-state index in [1.54, 1.807) is 4.90 Å². The van der Waals surface area contributed by atoms with Gasteiger partial charge in [-0.3, -0.25) is 4.90 Å². The Labute approximate surface area is 100 Å². The highest BCUT2D eigenvalue weighted by Gasteiger charge is 2.44. The molecule has 0 aromatic carbocycles. The van der Waals surface area contributed by atoms with E-state index in [1.807, 2.05) is 0 Å². The fraction of sp³-hybridized carbons (Fsp3) is 1.00. The Kier molecular flexibility index (Phi) is 3.69. The predicted octanol–water partition coefficient (Wildman–Crippen LogP) is 2.53. The van der Waals surface area contributed by atoms with Gasteiger partial charge in [0, 0.05) is 18.1 Å². The van der Waals surface area contributed by atoms with Crippen LogP contribution in [0.25, 0.3) is 0 Å². The molecule has 17 heavy (non-hydrogen) atoms. The Balaban J connectivity index is 2.03. The van der Waals surface area contributed by atoms with Crippen molar-refractivity contribution in [3.63, 3.8) is 0 Å². The molecule has 5 heteroatoms. The minimum atomic E-state index is -4.11. The SMILES string of the molecule is CC1CCC(N)C(N(CC(F)(F)F)C2CC2)C1. The van der Waals surface area contributed by atoms with E-state index in [1.165, 1.54) is 0 Å². The van der Waals surface area contributed by atoms with Gasteiger partial charge in [0.25, 0.3) is 0 Å². The van der Waals surface area contributed by atoms with Crippen LogP contribution in [0.2, 0.25) is 0 Å². The van der Waals surface area contributed by atoms with Crippen LogP contribution < -0.4 is 5.73 Å². The molecular formula is C12H21F3N2. The summed E-state index contributed by atoms with van der Waals surface area (Å²) in [4.78, 5) is 1.63. The van der Waals surface area contributed by atoms with Crippen LogP contribution >= 0.6 is 0 Å². The maximum Gasteiger partial charge on any atom is 0.401 e. The lowest BCUT2D eigenvalue weighted by atomic mass is 9.83. The van der Waals surface area contributed by atoms with Gasteiger partial charge in [-0.25, -0.2) is 0 Å². The van der Waals surface area contributed by atoms with Gasteiger partial charge in [-0.15, -0.1) is 0 Å². The minimum Gasteiger partial charge on any atom is -0.326 e. The van der Waals surface area contributed by atoms with E-state index in [4.69, 9.17) is 5.73 Å². The second kappa shape index (κ2) is 4.76. The first-order chi connectivity index (χ1) is 7.87. The molecule has 2 fully saturated rings. The first-order valence-corrected chi connectivity index (χ1v) is 6.45. The van der Waals surface area contributed by atoms with Gasteiger partial charge in [-0.2, -0.15) is 13.2 Å². The summed E-state index contributed by atoms with van der Waals surface area (Å²) >= 11 is 0. The van der Waals surface area contributed by atoms with E-state index < -0.39 is 12.7 Å². The van der Waals surface area contributed by atoms with E-state index in [0.29, 0.717) is 5.92 Å². The minimum absolute atomic E-state index is 0.0760. The Bertz CT molecular complexity index is 263. The summed E-state index contributed by atoms with van der Waals surface area (Å²) in [6.07, 6.45) is 0.396. The van der Waals surface area contributed by atoms with Crippen LogP contribution in [0, 0.1) is 5.92 Å². The van der Waals surface area contributed by atoms with Gasteiger partial charge in [0.1, 0.15) is 0 Å². The van der Waals surface area contributed by atoms with E-state index >= 15 is 0 Å². The van der Waals surface area contributed by atoms with Crippen molar-refractivity contribution in [3.05, 3.63) is 0 Å². The zero-order chi connectivity index (χ0) is 12.6. The summed E-state index contributed by atoms with van der Waals surface area (Å²) in [6, 6.07) is -0.0417. The van der Waals surface area contributed by atoms with Crippen molar-refractivity contribution in [2.24, 2.45) is 11.7 Å². The second-order valence-corrected chi connectivity index (χ2v) is 5.67. The zero-order valence-electron chi connectivity index (χ0n) is 10.2. The number of halogens is 3. The van der Waals surface area contributed by atoms with E-state index in [2.05, 4.69) is 6.92 Å². The molecule has 2 nitrogen and oxygen atoms in total. The van der Waals surface area contributed by atoms with E-state index in [-0.39, 0.29) is 18.1 Å². The molecule has 2 N–H and O–H groups in total. The van der Waals surface area contributed by atoms with Gasteiger partial charge in [0.2, 0.25) is 0 Å². The van der Waals surface area contributed by atoms with Crippen LogP contribution in [0.1, 0.15) is 39.0 Å². The summed E-state index contributed by atoms with van der Waals surface area (Å²) in [5.74, 6) is 0.495. The number of hydrogen-bond donors (Lipinski definition) is 1. The fourth-order valence-corrected chi connectivity index (χ4v) is 2.89. The average Bonchev–Trinajstić information content (AvgIpc) is 3.00. The monoisotopic (exact) mass is 250 g/mol. The molecule has 0 bridgehead atoms. The standard InChI is InChI=1S/C12H21F3N2/c1-8-2-5-10(16)11(6-8)17(9-3-4-9)7-12(13,14)15/h8-11H,2-7,16H2,1H3. The molecule has 3 unspecified atom stereocenters. The lowest BCUT2D eigenvalue weighted by Crippen LogP contribution is -2.54. The van der Waals surface area contributed by atoms with Crippen molar-refractivity contribution in [1.29, 1.82) is 0 Å². The predicted molar refractivity (Wildman–Crippen MR) is 60.6 cm³/mol. The first-order valence-electron chi connectivity index (χ1n) is 6.45. The third-order valence-corrected chi connectivity index (χ3v) is 3.93. The molecule has 0 aliphatic heterocycles. The Hall–Kier alpha value is -0.290. The highest BCUT2D eigenvalue weighted by molar-refractivity contribution is 4.96. The summed E-state index contributed by atoms with van der Waals surface area (Å²) in [7, 11) is 0. The highest BCUT2D eigenvalue weighted by atomic mass is 19.4. The summed E-state index contributed by atoms with van der Waals surface area (Å²) in [6.45, 7) is 1.32. The van der Waals surface area contributed by atoms with Crippen LogP contribution in [0.15, 0.2) is 0 Å². The maximum atomic E-state index is 12.6. The number of rotatable bonds is 3. The second-order valence-electron chi connectivity index (χ2n) is 5.67. The Morgan fingerprint density at radius 3 is 2.35 bits per heavy atom. The van der Waals surface area contributed by atoms with Gasteiger partial charge in [-0.1, -0.05) is 6.92 Å². The Morgan fingerprint density at radius 2 is 1.82 bits per heavy atom. The number of hydrogen-bond acceptors (Lipinski definition) is 2. The molecule has 0 saturated heterocycles. The molecule has 0 radical (unpaired) electrons. The molecule has 2 rings (SSSR count). The summed E-state index contributed by atoms with van der Waals surface area (Å²) in [5.41, 5.74) is 6.02. The first kappa shape index (κ1) is 13.1. The molecular weight excluding hydrogens is 229 g/mol. The molecule has 2 saturated carbocycles. The van der Waals surface area contributed by atoms with Crippen LogP contribution in [0.4, 0.5) is 13.2 Å². The zero-order valence-corrected chi connectivity index (χ0v) is 10.2. The lowest BCUT2D eigenvalue weighted by Gasteiger charge is -2.41. The summed E-state index contributed by atoms with van der Waals surface area (Å²) < 4.78 is 37.8. The van der Waals surface area contributed by atoms with E-state index in [0.717, 1.165) is 32.1 Å². The topological polar surface area (TPSA) is 29.3 Å². The van der Waals surface area contributed by atoms with Crippen molar-refractivity contribution in [1.82, 2.24) is 4.90 Å². The van der Waals surface area contributed by atoms with Crippen LogP contribution in [0.5, 0.6) is 0 Å². The maximum absolute atomic E-state index is 12.6. The molecule has 0 aromatic rings. The van der Waals surface area contributed by atoms with Crippen molar-refractivity contribution < 1.29 is 13.2 Å². The number of alkyl halides is 3. The molecule has 100 valence electrons. The number of nitrogens with two attached hydrogens (primary N) is 1. The molecule has 0 spiro atoms. The molecule has 0 aromatic heterocycles. The molecule has 0 heterocycles. The van der Waals surface area contributed by atoms with Gasteiger partial charge >= 0.3 is 6.18 Å². The molecule has 2 aliphatic carbocycles. The van der Waals surface area contributed by atoms with Gasteiger partial charge in [0.05, 0.1) is 6.54 Å². The van der Waals surface area contributed by atoms with Gasteiger partial charge in [0.15, 0.2) is 0 Å². The van der Waals surface area contributed by atoms with Crippen molar-refractivity contribution in [2.75, 3.05) is 6.54 Å². The molecule has 0 amide bonds. The largest absolute Gasteiger partial charge is 0.401 e. The third-order valence-electron chi connectivity index (χ3n) is 3.93. The number of nitrogens with zero attached hydrogens (tertiary/aromatic N) is 1. The van der Waals surface area contributed by atoms with Crippen LogP contribution in [-0.4, -0.2) is 35.7 Å². The smallest absolute Gasteiger partial charge is 0.326 e. The Morgan fingerprint density at radius 1 is 1.18 bits per heavy atom. The van der Waals surface area contributed by atoms with Crippen LogP contribution in [0.3, 0.4) is 0 Å². The molecule has 3 atom stereocenters. The normalized spacial score (nSPS) is 35.3. The third kappa shape index (κ3) is 3.58. The van der Waals surface area contributed by atoms with Crippen molar-refractivity contribution >= 4 is 0 Å². The van der Waals surface area contributed by atoms with Crippen molar-refractivity contribution in [2.45, 2.75) is 63.3 Å².